The van der Waals surface area contributed by atoms with E-state index in [1.165, 1.54) is 64.2 Å². The number of carbonyl (C=O) groups excluding carboxylic acids is 2. The largest absolute Gasteiger partial charge is 0.299 e. The molecule has 0 N–H and O–H groups in total. The first-order valence-electron chi connectivity index (χ1n) is 11.8. The third kappa shape index (κ3) is 2.17. The van der Waals surface area contributed by atoms with Crippen LogP contribution < -0.4 is 0 Å². The molecule has 6 fully saturated rings. The minimum atomic E-state index is 0.260. The van der Waals surface area contributed by atoms with Crippen molar-refractivity contribution in [2.24, 2.45) is 59.2 Å². The van der Waals surface area contributed by atoms with Crippen LogP contribution in [-0.2, 0) is 9.59 Å². The molecule has 6 rings (SSSR count). The van der Waals surface area contributed by atoms with Crippen molar-refractivity contribution in [1.82, 2.24) is 0 Å². The van der Waals surface area contributed by atoms with Crippen molar-refractivity contribution in [3.8, 4) is 0 Å². The van der Waals surface area contributed by atoms with Crippen molar-refractivity contribution in [3.05, 3.63) is 0 Å². The highest BCUT2D eigenvalue weighted by atomic mass is 16.1. The second kappa shape index (κ2) is 5.92. The fourth-order valence-corrected chi connectivity index (χ4v) is 9.16. The second-order valence-corrected chi connectivity index (χ2v) is 10.9. The van der Waals surface area contributed by atoms with Gasteiger partial charge in [-0.3, -0.25) is 9.59 Å². The van der Waals surface area contributed by atoms with Crippen LogP contribution in [0.2, 0.25) is 0 Å². The lowest BCUT2D eigenvalue weighted by Crippen LogP contribution is -2.37. The molecule has 2 heteroatoms. The summed E-state index contributed by atoms with van der Waals surface area (Å²) in [6.45, 7) is 0. The summed E-state index contributed by atoms with van der Waals surface area (Å²) in [5.41, 5.74) is 0. The highest BCUT2D eigenvalue weighted by Gasteiger charge is 2.61. The van der Waals surface area contributed by atoms with E-state index in [0.29, 0.717) is 47.1 Å². The van der Waals surface area contributed by atoms with Crippen LogP contribution in [0.1, 0.15) is 77.0 Å². The molecule has 0 heterocycles. The molecule has 2 nitrogen and oxygen atoms in total. The van der Waals surface area contributed by atoms with E-state index in [9.17, 15) is 9.59 Å². The lowest BCUT2D eigenvalue weighted by Gasteiger charge is -2.44. The van der Waals surface area contributed by atoms with Crippen molar-refractivity contribution in [3.63, 3.8) is 0 Å². The zero-order chi connectivity index (χ0) is 17.4. The molecule has 0 spiro atoms. The molecule has 142 valence electrons. The molecule has 0 aromatic heterocycles. The number of hydrogen-bond donors (Lipinski definition) is 0. The summed E-state index contributed by atoms with van der Waals surface area (Å²) in [5, 5.41) is 0. The zero-order valence-corrected chi connectivity index (χ0v) is 16.1. The summed E-state index contributed by atoms with van der Waals surface area (Å²) >= 11 is 0. The van der Waals surface area contributed by atoms with E-state index < -0.39 is 0 Å². The van der Waals surface area contributed by atoms with E-state index in [2.05, 4.69) is 0 Å². The Balaban J connectivity index is 1.28. The summed E-state index contributed by atoms with van der Waals surface area (Å²) in [6, 6.07) is 0. The van der Waals surface area contributed by atoms with Gasteiger partial charge in [-0.15, -0.1) is 0 Å². The highest BCUT2D eigenvalue weighted by Crippen LogP contribution is 2.62. The summed E-state index contributed by atoms with van der Waals surface area (Å²) in [4.78, 5) is 26.4. The summed E-state index contributed by atoms with van der Waals surface area (Å²) in [7, 11) is 0. The Morgan fingerprint density at radius 3 is 1.81 bits per heavy atom. The molecule has 26 heavy (non-hydrogen) atoms. The van der Waals surface area contributed by atoms with Gasteiger partial charge >= 0.3 is 0 Å². The third-order valence-electron chi connectivity index (χ3n) is 10.2. The van der Waals surface area contributed by atoms with Gasteiger partial charge < -0.3 is 0 Å². The molecule has 6 aliphatic carbocycles. The molecule has 0 bridgehead atoms. The van der Waals surface area contributed by atoms with E-state index in [1.54, 1.807) is 0 Å². The standard InChI is InChI=1S/C24H34O2/c25-23-16-8-4-3-7-15(16)18-11-19-17-9-13-5-1-2-6-14(13)10-20(17)24(26)22(19)12-21(18)23/h13-22H,1-12H2. The summed E-state index contributed by atoms with van der Waals surface area (Å²) < 4.78 is 0. The number of hydrogen-bond acceptors (Lipinski definition) is 2. The normalized spacial score (nSPS) is 55.5. The maximum absolute atomic E-state index is 13.3. The number of ketones is 2. The van der Waals surface area contributed by atoms with Crippen molar-refractivity contribution in [1.29, 1.82) is 0 Å². The number of carbonyl (C=O) groups is 2. The van der Waals surface area contributed by atoms with Crippen LogP contribution in [0, 0.1) is 59.2 Å². The van der Waals surface area contributed by atoms with Gasteiger partial charge in [0.25, 0.3) is 0 Å². The Labute approximate surface area is 157 Å². The molecule has 6 saturated carbocycles. The SMILES string of the molecule is O=C1C2CCCCC2C2CC3C(CC12)C(=O)C1CC2CCCCC2CC13. The number of rotatable bonds is 0. The predicted octanol–water partition coefficient (Wildman–Crippen LogP) is 5.05. The van der Waals surface area contributed by atoms with Crippen molar-refractivity contribution < 1.29 is 9.59 Å². The molecule has 0 radical (unpaired) electrons. The van der Waals surface area contributed by atoms with Crippen LogP contribution in [-0.4, -0.2) is 11.6 Å². The highest BCUT2D eigenvalue weighted by molar-refractivity contribution is 5.90. The second-order valence-electron chi connectivity index (χ2n) is 10.9. The summed E-state index contributed by atoms with van der Waals surface area (Å²) in [5.74, 6) is 6.87. The van der Waals surface area contributed by atoms with Crippen molar-refractivity contribution in [2.45, 2.75) is 77.0 Å². The first kappa shape index (κ1) is 16.3. The van der Waals surface area contributed by atoms with Crippen LogP contribution in [0.4, 0.5) is 0 Å². The van der Waals surface area contributed by atoms with Crippen LogP contribution in [0.3, 0.4) is 0 Å². The topological polar surface area (TPSA) is 34.1 Å². The smallest absolute Gasteiger partial charge is 0.139 e. The first-order valence-corrected chi connectivity index (χ1v) is 11.8. The third-order valence-corrected chi connectivity index (χ3v) is 10.2. The van der Waals surface area contributed by atoms with Crippen molar-refractivity contribution in [2.75, 3.05) is 0 Å². The van der Waals surface area contributed by atoms with E-state index in [0.717, 1.165) is 24.7 Å². The molecule has 0 aliphatic heterocycles. The lowest BCUT2D eigenvalue weighted by molar-refractivity contribution is -0.129. The molecule has 0 amide bonds. The molecule has 0 saturated heterocycles. The molecule has 6 aliphatic rings. The van der Waals surface area contributed by atoms with E-state index >= 15 is 0 Å². The fraction of sp³-hybridized carbons (Fsp3) is 0.917. The molecule has 10 unspecified atom stereocenters. The zero-order valence-electron chi connectivity index (χ0n) is 16.1. The van der Waals surface area contributed by atoms with Crippen molar-refractivity contribution >= 4 is 11.6 Å². The van der Waals surface area contributed by atoms with Crippen LogP contribution in [0.15, 0.2) is 0 Å². The van der Waals surface area contributed by atoms with E-state index in [-0.39, 0.29) is 11.8 Å². The van der Waals surface area contributed by atoms with Gasteiger partial charge in [-0.1, -0.05) is 38.5 Å². The molecule has 0 aromatic carbocycles. The van der Waals surface area contributed by atoms with Crippen LogP contribution in [0.25, 0.3) is 0 Å². The van der Waals surface area contributed by atoms with Gasteiger partial charge in [0.2, 0.25) is 0 Å². The Hall–Kier alpha value is -0.660. The van der Waals surface area contributed by atoms with Gasteiger partial charge in [0.1, 0.15) is 11.6 Å². The quantitative estimate of drug-likeness (QED) is 0.610. The predicted molar refractivity (Wildman–Crippen MR) is 100 cm³/mol. The lowest BCUT2D eigenvalue weighted by atomic mass is 9.60. The van der Waals surface area contributed by atoms with Crippen LogP contribution >= 0.6 is 0 Å². The van der Waals surface area contributed by atoms with Gasteiger partial charge in [0, 0.05) is 23.7 Å². The fourth-order valence-electron chi connectivity index (χ4n) is 9.16. The monoisotopic (exact) mass is 354 g/mol. The van der Waals surface area contributed by atoms with Gasteiger partial charge in [0.05, 0.1) is 0 Å². The molecule has 0 aromatic rings. The average Bonchev–Trinajstić information content (AvgIpc) is 3.12. The number of Topliss-reactive ketones (excluding diaryl/α,β-unsaturated/α-hetero) is 2. The van der Waals surface area contributed by atoms with Gasteiger partial charge in [-0.25, -0.2) is 0 Å². The van der Waals surface area contributed by atoms with Gasteiger partial charge in [0.15, 0.2) is 0 Å². The Morgan fingerprint density at radius 1 is 0.462 bits per heavy atom. The Bertz CT molecular complexity index is 624. The molecular weight excluding hydrogens is 320 g/mol. The molecular formula is C24H34O2. The van der Waals surface area contributed by atoms with Gasteiger partial charge in [-0.2, -0.15) is 0 Å². The minimum Gasteiger partial charge on any atom is -0.299 e. The average molecular weight is 355 g/mol. The van der Waals surface area contributed by atoms with E-state index in [1.807, 2.05) is 0 Å². The van der Waals surface area contributed by atoms with E-state index in [4.69, 9.17) is 0 Å². The first-order chi connectivity index (χ1) is 12.7. The molecule has 10 atom stereocenters. The van der Waals surface area contributed by atoms with Crippen LogP contribution in [0.5, 0.6) is 0 Å². The minimum absolute atomic E-state index is 0.260. The summed E-state index contributed by atoms with van der Waals surface area (Å²) in [6.07, 6.45) is 15.4. The number of fused-ring (bicyclic) bond motifs is 7. The van der Waals surface area contributed by atoms with Gasteiger partial charge in [-0.05, 0) is 74.0 Å². The Morgan fingerprint density at radius 2 is 1.00 bits per heavy atom. The maximum Gasteiger partial charge on any atom is 0.139 e. The Kier molecular flexibility index (Phi) is 3.71. The maximum atomic E-state index is 13.3.